The predicted octanol–water partition coefficient (Wildman–Crippen LogP) is 2.22. The Kier molecular flexibility index (Phi) is 2.16. The molecule has 14 heavy (non-hydrogen) atoms. The van der Waals surface area contributed by atoms with Crippen LogP contribution in [0.15, 0.2) is 12.1 Å². The van der Waals surface area contributed by atoms with Crippen molar-refractivity contribution in [1.29, 1.82) is 0 Å². The molecule has 1 fully saturated rings. The van der Waals surface area contributed by atoms with Crippen LogP contribution in [0, 0.1) is 5.82 Å². The zero-order valence-electron chi connectivity index (χ0n) is 7.56. The van der Waals surface area contributed by atoms with E-state index in [4.69, 9.17) is 22.4 Å². The molecule has 4 heteroatoms. The molecule has 0 bridgehead atoms. The molecule has 0 spiro atoms. The summed E-state index contributed by atoms with van der Waals surface area (Å²) < 4.78 is 13.1. The molecule has 0 saturated heterocycles. The third kappa shape index (κ3) is 1.83. The molecule has 0 aliphatic heterocycles. The summed E-state index contributed by atoms with van der Waals surface area (Å²) in [5.74, 6) is -1.17. The van der Waals surface area contributed by atoms with Gasteiger partial charge in [0, 0.05) is 5.54 Å². The van der Waals surface area contributed by atoms with Crippen LogP contribution in [0.2, 0.25) is 5.02 Å². The molecule has 76 valence electrons. The van der Waals surface area contributed by atoms with E-state index >= 15 is 0 Å². The first-order valence-corrected chi connectivity index (χ1v) is 4.84. The molecule has 0 heterocycles. The van der Waals surface area contributed by atoms with E-state index in [0.717, 1.165) is 18.4 Å². The topological polar surface area (TPSA) is 46.2 Å². The van der Waals surface area contributed by atoms with Gasteiger partial charge in [0.15, 0.2) is 11.6 Å². The van der Waals surface area contributed by atoms with Gasteiger partial charge in [-0.3, -0.25) is 0 Å². The first-order chi connectivity index (χ1) is 6.50. The fourth-order valence-corrected chi connectivity index (χ4v) is 1.69. The van der Waals surface area contributed by atoms with Gasteiger partial charge in [-0.15, -0.1) is 0 Å². The number of hydrogen-bond acceptors (Lipinski definition) is 2. The molecule has 0 aromatic heterocycles. The quantitative estimate of drug-likeness (QED) is 0.795. The highest BCUT2D eigenvalue weighted by molar-refractivity contribution is 6.32. The Morgan fingerprint density at radius 2 is 2.14 bits per heavy atom. The molecule has 0 radical (unpaired) electrons. The standard InChI is InChI=1S/C10H11ClFNO/c11-7-3-6(4-8(12)9(7)14)5-10(13)1-2-10/h3-4,14H,1-2,5,13H2. The van der Waals surface area contributed by atoms with Crippen LogP contribution in [0.4, 0.5) is 4.39 Å². The number of halogens is 2. The number of hydrogen-bond donors (Lipinski definition) is 2. The second-order valence-electron chi connectivity index (χ2n) is 3.95. The number of rotatable bonds is 2. The summed E-state index contributed by atoms with van der Waals surface area (Å²) in [5.41, 5.74) is 6.46. The van der Waals surface area contributed by atoms with Gasteiger partial charge in [-0.1, -0.05) is 11.6 Å². The van der Waals surface area contributed by atoms with Crippen molar-refractivity contribution in [2.75, 3.05) is 0 Å². The summed E-state index contributed by atoms with van der Waals surface area (Å²) in [6, 6.07) is 2.85. The Labute approximate surface area is 86.5 Å². The summed E-state index contributed by atoms with van der Waals surface area (Å²) in [7, 11) is 0. The lowest BCUT2D eigenvalue weighted by Crippen LogP contribution is -2.24. The van der Waals surface area contributed by atoms with Gasteiger partial charge in [-0.05, 0) is 37.0 Å². The van der Waals surface area contributed by atoms with Crippen LogP contribution in [-0.4, -0.2) is 10.6 Å². The predicted molar refractivity (Wildman–Crippen MR) is 52.9 cm³/mol. The van der Waals surface area contributed by atoms with Gasteiger partial charge >= 0.3 is 0 Å². The second kappa shape index (κ2) is 3.11. The Hall–Kier alpha value is -0.800. The number of benzene rings is 1. The van der Waals surface area contributed by atoms with Crippen LogP contribution in [0.5, 0.6) is 5.75 Å². The third-order valence-electron chi connectivity index (χ3n) is 2.53. The average molecular weight is 216 g/mol. The van der Waals surface area contributed by atoms with Crippen LogP contribution in [0.25, 0.3) is 0 Å². The molecule has 2 nitrogen and oxygen atoms in total. The summed E-state index contributed by atoms with van der Waals surface area (Å²) in [6.07, 6.45) is 2.55. The maximum atomic E-state index is 13.1. The summed E-state index contributed by atoms with van der Waals surface area (Å²) in [6.45, 7) is 0. The van der Waals surface area contributed by atoms with Gasteiger partial charge in [0.2, 0.25) is 0 Å². The Bertz CT molecular complexity index is 353. The van der Waals surface area contributed by atoms with Gasteiger partial charge < -0.3 is 10.8 Å². The van der Waals surface area contributed by atoms with Crippen molar-refractivity contribution in [2.24, 2.45) is 5.73 Å². The van der Waals surface area contributed by atoms with E-state index in [-0.39, 0.29) is 10.6 Å². The minimum atomic E-state index is -0.684. The zero-order chi connectivity index (χ0) is 10.3. The molecule has 1 aromatic rings. The zero-order valence-corrected chi connectivity index (χ0v) is 8.31. The smallest absolute Gasteiger partial charge is 0.170 e. The van der Waals surface area contributed by atoms with Crippen molar-refractivity contribution in [1.82, 2.24) is 0 Å². The summed E-state index contributed by atoms with van der Waals surface area (Å²) in [4.78, 5) is 0. The average Bonchev–Trinajstić information content (AvgIpc) is 2.79. The first kappa shape index (κ1) is 9.74. The van der Waals surface area contributed by atoms with Crippen molar-refractivity contribution in [3.05, 3.63) is 28.5 Å². The van der Waals surface area contributed by atoms with Gasteiger partial charge in [0.25, 0.3) is 0 Å². The minimum Gasteiger partial charge on any atom is -0.504 e. The van der Waals surface area contributed by atoms with E-state index in [2.05, 4.69) is 0 Å². The van der Waals surface area contributed by atoms with E-state index in [0.29, 0.717) is 6.42 Å². The van der Waals surface area contributed by atoms with Crippen molar-refractivity contribution in [2.45, 2.75) is 24.8 Å². The Balaban J connectivity index is 2.26. The molecule has 0 atom stereocenters. The summed E-state index contributed by atoms with van der Waals surface area (Å²) >= 11 is 5.64. The second-order valence-corrected chi connectivity index (χ2v) is 4.35. The fourth-order valence-electron chi connectivity index (χ4n) is 1.46. The van der Waals surface area contributed by atoms with Gasteiger partial charge in [0.05, 0.1) is 5.02 Å². The lowest BCUT2D eigenvalue weighted by Gasteiger charge is -2.09. The van der Waals surface area contributed by atoms with E-state index in [1.54, 1.807) is 6.07 Å². The van der Waals surface area contributed by atoms with E-state index < -0.39 is 11.6 Å². The Morgan fingerprint density at radius 1 is 1.50 bits per heavy atom. The third-order valence-corrected chi connectivity index (χ3v) is 2.81. The van der Waals surface area contributed by atoms with Gasteiger partial charge in [0.1, 0.15) is 0 Å². The maximum Gasteiger partial charge on any atom is 0.170 e. The maximum absolute atomic E-state index is 13.1. The van der Waals surface area contributed by atoms with Crippen LogP contribution in [0.3, 0.4) is 0 Å². The largest absolute Gasteiger partial charge is 0.504 e. The van der Waals surface area contributed by atoms with Crippen LogP contribution in [0.1, 0.15) is 18.4 Å². The van der Waals surface area contributed by atoms with Crippen LogP contribution < -0.4 is 5.73 Å². The van der Waals surface area contributed by atoms with Crippen molar-refractivity contribution in [3.8, 4) is 5.75 Å². The monoisotopic (exact) mass is 215 g/mol. The van der Waals surface area contributed by atoms with Crippen LogP contribution >= 0.6 is 11.6 Å². The molecular weight excluding hydrogens is 205 g/mol. The lowest BCUT2D eigenvalue weighted by molar-refractivity contribution is 0.431. The SMILES string of the molecule is NC1(Cc2cc(F)c(O)c(Cl)c2)CC1. The molecule has 1 aliphatic carbocycles. The molecule has 3 N–H and O–H groups in total. The molecule has 2 rings (SSSR count). The Morgan fingerprint density at radius 3 is 2.64 bits per heavy atom. The summed E-state index contributed by atoms with van der Waals surface area (Å²) in [5, 5.41) is 9.15. The highest BCUT2D eigenvalue weighted by Crippen LogP contribution is 2.37. The van der Waals surface area contributed by atoms with Crippen molar-refractivity contribution >= 4 is 11.6 Å². The molecule has 1 saturated carbocycles. The molecule has 0 unspecified atom stereocenters. The van der Waals surface area contributed by atoms with Crippen LogP contribution in [-0.2, 0) is 6.42 Å². The lowest BCUT2D eigenvalue weighted by atomic mass is 10.0. The number of aromatic hydroxyl groups is 1. The molecular formula is C10H11ClFNO. The highest BCUT2D eigenvalue weighted by atomic mass is 35.5. The molecule has 1 aromatic carbocycles. The normalized spacial score (nSPS) is 18.2. The number of nitrogens with two attached hydrogens (primary N) is 1. The minimum absolute atomic E-state index is 0.0456. The van der Waals surface area contributed by atoms with Crippen molar-refractivity contribution < 1.29 is 9.50 Å². The van der Waals surface area contributed by atoms with Crippen molar-refractivity contribution in [3.63, 3.8) is 0 Å². The molecule has 0 amide bonds. The fraction of sp³-hybridized carbons (Fsp3) is 0.400. The van der Waals surface area contributed by atoms with Gasteiger partial charge in [-0.25, -0.2) is 4.39 Å². The highest BCUT2D eigenvalue weighted by Gasteiger charge is 2.38. The van der Waals surface area contributed by atoms with Gasteiger partial charge in [-0.2, -0.15) is 0 Å². The van der Waals surface area contributed by atoms with E-state index in [1.807, 2.05) is 0 Å². The number of phenolic OH excluding ortho intramolecular Hbond substituents is 1. The number of phenols is 1. The first-order valence-electron chi connectivity index (χ1n) is 4.46. The van der Waals surface area contributed by atoms with E-state index in [9.17, 15) is 4.39 Å². The van der Waals surface area contributed by atoms with E-state index in [1.165, 1.54) is 6.07 Å². The molecule has 1 aliphatic rings.